The van der Waals surface area contributed by atoms with Gasteiger partial charge in [0, 0.05) is 32.7 Å². The fourth-order valence-electron chi connectivity index (χ4n) is 2.83. The first-order chi connectivity index (χ1) is 10.4. The summed E-state index contributed by atoms with van der Waals surface area (Å²) in [6.07, 6.45) is 2.47. The summed E-state index contributed by atoms with van der Waals surface area (Å²) in [5.74, 6) is 1.79. The number of unbranched alkanes of at least 4 members (excludes halogenated alkanes) is 1. The highest BCUT2D eigenvalue weighted by Gasteiger charge is 2.23. The summed E-state index contributed by atoms with van der Waals surface area (Å²) in [7, 11) is 0. The van der Waals surface area contributed by atoms with E-state index in [2.05, 4.69) is 34.4 Å². The largest absolute Gasteiger partial charge is 0.486 e. The molecule has 0 aromatic heterocycles. The summed E-state index contributed by atoms with van der Waals surface area (Å²) in [5.41, 5.74) is 4.67. The number of para-hydroxylation sites is 1. The van der Waals surface area contributed by atoms with Crippen LogP contribution in [0.1, 0.15) is 19.8 Å². The average Bonchev–Trinajstić information content (AvgIpc) is 2.55. The third kappa shape index (κ3) is 3.41. The Kier molecular flexibility index (Phi) is 4.83. The van der Waals surface area contributed by atoms with Crippen molar-refractivity contribution in [2.75, 3.05) is 50.8 Å². The highest BCUT2D eigenvalue weighted by Crippen LogP contribution is 2.39. The van der Waals surface area contributed by atoms with Gasteiger partial charge in [-0.2, -0.15) is 0 Å². The molecule has 0 aliphatic carbocycles. The van der Waals surface area contributed by atoms with E-state index in [-0.39, 0.29) is 0 Å². The molecule has 1 aromatic rings. The molecule has 1 fully saturated rings. The monoisotopic (exact) mass is 291 g/mol. The lowest BCUT2D eigenvalue weighted by Gasteiger charge is -2.37. The van der Waals surface area contributed by atoms with E-state index in [1.165, 1.54) is 18.5 Å². The second-order valence-electron chi connectivity index (χ2n) is 5.54. The van der Waals surface area contributed by atoms with Gasteiger partial charge in [0.25, 0.3) is 0 Å². The van der Waals surface area contributed by atoms with Crippen LogP contribution >= 0.6 is 0 Å². The quantitative estimate of drug-likeness (QED) is 0.839. The predicted octanol–water partition coefficient (Wildman–Crippen LogP) is 1.88. The summed E-state index contributed by atoms with van der Waals surface area (Å²) in [5, 5.41) is 2.33. The molecule has 0 atom stereocenters. The first-order valence-electron chi connectivity index (χ1n) is 8.00. The number of piperazine rings is 1. The van der Waals surface area contributed by atoms with Crippen LogP contribution in [0.5, 0.6) is 11.5 Å². The molecule has 116 valence electrons. The van der Waals surface area contributed by atoms with E-state index < -0.39 is 0 Å². The summed E-state index contributed by atoms with van der Waals surface area (Å²) >= 11 is 0. The lowest BCUT2D eigenvalue weighted by Crippen LogP contribution is -2.52. The standard InChI is InChI=1S/C16H25N3O2/c1-2-3-7-17-19-10-8-18(9-11-19)14-5-4-6-15-16(14)21-13-12-20-15/h4-6,17H,2-3,7-13H2,1H3. The zero-order valence-corrected chi connectivity index (χ0v) is 12.8. The molecule has 3 rings (SSSR count). The lowest BCUT2D eigenvalue weighted by atomic mass is 10.2. The number of fused-ring (bicyclic) bond motifs is 1. The van der Waals surface area contributed by atoms with Crippen molar-refractivity contribution in [3.63, 3.8) is 0 Å². The number of ether oxygens (including phenoxy) is 2. The Hall–Kier alpha value is -1.46. The van der Waals surface area contributed by atoms with Gasteiger partial charge in [0.2, 0.25) is 0 Å². The molecule has 5 nitrogen and oxygen atoms in total. The zero-order chi connectivity index (χ0) is 14.5. The SMILES string of the molecule is CCCCNN1CCN(c2cccc3c2OCCO3)CC1. The first-order valence-corrected chi connectivity index (χ1v) is 8.00. The molecule has 0 spiro atoms. The van der Waals surface area contributed by atoms with Crippen molar-refractivity contribution < 1.29 is 9.47 Å². The smallest absolute Gasteiger partial charge is 0.184 e. The van der Waals surface area contributed by atoms with Crippen LogP contribution < -0.4 is 19.8 Å². The molecule has 21 heavy (non-hydrogen) atoms. The van der Waals surface area contributed by atoms with Gasteiger partial charge in [-0.05, 0) is 18.6 Å². The number of nitrogens with zero attached hydrogens (tertiary/aromatic N) is 2. The van der Waals surface area contributed by atoms with Gasteiger partial charge >= 0.3 is 0 Å². The van der Waals surface area contributed by atoms with E-state index in [1.807, 2.05) is 6.07 Å². The van der Waals surface area contributed by atoms with Crippen molar-refractivity contribution in [3.05, 3.63) is 18.2 Å². The zero-order valence-electron chi connectivity index (χ0n) is 12.8. The minimum atomic E-state index is 0.641. The molecule has 2 aliphatic rings. The fraction of sp³-hybridized carbons (Fsp3) is 0.625. The molecule has 1 N–H and O–H groups in total. The lowest BCUT2D eigenvalue weighted by molar-refractivity contribution is 0.166. The molecule has 0 saturated carbocycles. The third-order valence-corrected chi connectivity index (χ3v) is 4.03. The van der Waals surface area contributed by atoms with E-state index in [1.54, 1.807) is 0 Å². The average molecular weight is 291 g/mol. The molecule has 1 saturated heterocycles. The van der Waals surface area contributed by atoms with Crippen molar-refractivity contribution in [3.8, 4) is 11.5 Å². The highest BCUT2D eigenvalue weighted by atomic mass is 16.6. The van der Waals surface area contributed by atoms with Gasteiger partial charge in [-0.1, -0.05) is 19.4 Å². The van der Waals surface area contributed by atoms with Crippen molar-refractivity contribution in [1.29, 1.82) is 0 Å². The van der Waals surface area contributed by atoms with Gasteiger partial charge in [-0.15, -0.1) is 0 Å². The minimum Gasteiger partial charge on any atom is -0.486 e. The van der Waals surface area contributed by atoms with Crippen molar-refractivity contribution >= 4 is 5.69 Å². The number of nitrogens with one attached hydrogen (secondary N) is 1. The van der Waals surface area contributed by atoms with Crippen LogP contribution in [0, 0.1) is 0 Å². The van der Waals surface area contributed by atoms with Crippen LogP contribution in [-0.2, 0) is 0 Å². The molecule has 2 heterocycles. The van der Waals surface area contributed by atoms with Crippen LogP contribution in [0.3, 0.4) is 0 Å². The maximum absolute atomic E-state index is 5.82. The Morgan fingerprint density at radius 2 is 1.90 bits per heavy atom. The van der Waals surface area contributed by atoms with Gasteiger partial charge in [0.05, 0.1) is 5.69 Å². The van der Waals surface area contributed by atoms with Crippen LogP contribution in [0.2, 0.25) is 0 Å². The molecule has 0 radical (unpaired) electrons. The predicted molar refractivity (Wildman–Crippen MR) is 84.1 cm³/mol. The van der Waals surface area contributed by atoms with Crippen molar-refractivity contribution in [1.82, 2.24) is 10.4 Å². The summed E-state index contributed by atoms with van der Waals surface area (Å²) in [6, 6.07) is 6.17. The summed E-state index contributed by atoms with van der Waals surface area (Å²) in [4.78, 5) is 2.39. The summed E-state index contributed by atoms with van der Waals surface area (Å²) in [6.45, 7) is 8.68. The van der Waals surface area contributed by atoms with E-state index in [4.69, 9.17) is 9.47 Å². The third-order valence-electron chi connectivity index (χ3n) is 4.03. The van der Waals surface area contributed by atoms with Gasteiger partial charge in [-0.3, -0.25) is 5.43 Å². The molecule has 1 aromatic carbocycles. The van der Waals surface area contributed by atoms with Gasteiger partial charge in [0.15, 0.2) is 11.5 Å². The molecule has 2 aliphatic heterocycles. The number of hydrogen-bond donors (Lipinski definition) is 1. The first kappa shape index (κ1) is 14.5. The molecule has 0 unspecified atom stereocenters. The summed E-state index contributed by atoms with van der Waals surface area (Å²) < 4.78 is 11.5. The number of rotatable bonds is 5. The Morgan fingerprint density at radius 3 is 2.71 bits per heavy atom. The van der Waals surface area contributed by atoms with Crippen molar-refractivity contribution in [2.24, 2.45) is 0 Å². The molecule has 5 heteroatoms. The maximum Gasteiger partial charge on any atom is 0.184 e. The highest BCUT2D eigenvalue weighted by molar-refractivity contribution is 5.65. The van der Waals surface area contributed by atoms with Gasteiger partial charge in [0.1, 0.15) is 13.2 Å². The van der Waals surface area contributed by atoms with E-state index >= 15 is 0 Å². The topological polar surface area (TPSA) is 37.0 Å². The van der Waals surface area contributed by atoms with E-state index in [9.17, 15) is 0 Å². The van der Waals surface area contributed by atoms with E-state index in [0.29, 0.717) is 13.2 Å². The number of anilines is 1. The number of hydrogen-bond acceptors (Lipinski definition) is 5. The maximum atomic E-state index is 5.82. The number of benzene rings is 1. The van der Waals surface area contributed by atoms with Crippen LogP contribution in [0.15, 0.2) is 18.2 Å². The Bertz CT molecular complexity index is 459. The van der Waals surface area contributed by atoms with Crippen LogP contribution in [-0.4, -0.2) is 50.9 Å². The van der Waals surface area contributed by atoms with E-state index in [0.717, 1.165) is 44.2 Å². The second-order valence-corrected chi connectivity index (χ2v) is 5.54. The normalized spacial score (nSPS) is 18.8. The second kappa shape index (κ2) is 7.00. The van der Waals surface area contributed by atoms with Gasteiger partial charge < -0.3 is 14.4 Å². The molecular formula is C16H25N3O2. The Morgan fingerprint density at radius 1 is 1.10 bits per heavy atom. The van der Waals surface area contributed by atoms with Gasteiger partial charge in [-0.25, -0.2) is 5.01 Å². The molecule has 0 bridgehead atoms. The van der Waals surface area contributed by atoms with Crippen molar-refractivity contribution in [2.45, 2.75) is 19.8 Å². The number of hydrazine groups is 1. The minimum absolute atomic E-state index is 0.641. The molecule has 0 amide bonds. The Balaban J connectivity index is 1.59. The fourth-order valence-corrected chi connectivity index (χ4v) is 2.83. The van der Waals surface area contributed by atoms with Crippen LogP contribution in [0.25, 0.3) is 0 Å². The Labute approximate surface area is 126 Å². The van der Waals surface area contributed by atoms with Crippen LogP contribution in [0.4, 0.5) is 5.69 Å². The molecular weight excluding hydrogens is 266 g/mol.